The highest BCUT2D eigenvalue weighted by Crippen LogP contribution is 2.25. The van der Waals surface area contributed by atoms with E-state index in [2.05, 4.69) is 4.90 Å². The van der Waals surface area contributed by atoms with E-state index in [1.807, 2.05) is 0 Å². The Bertz CT molecular complexity index is 1560. The summed E-state index contributed by atoms with van der Waals surface area (Å²) in [6, 6.07) is 8.29. The van der Waals surface area contributed by atoms with Gasteiger partial charge in [0.1, 0.15) is 4.83 Å². The van der Waals surface area contributed by atoms with Crippen molar-refractivity contribution in [3.8, 4) is 0 Å². The van der Waals surface area contributed by atoms with Crippen LogP contribution in [-0.2, 0) is 25.7 Å². The van der Waals surface area contributed by atoms with Crippen LogP contribution in [0.4, 0.5) is 0 Å². The van der Waals surface area contributed by atoms with Crippen molar-refractivity contribution in [1.82, 2.24) is 24.6 Å². The zero-order valence-corrected chi connectivity index (χ0v) is 25.1. The van der Waals surface area contributed by atoms with Crippen molar-refractivity contribution >= 4 is 55.5 Å². The molecular weight excluding hydrogens is 594 g/mol. The van der Waals surface area contributed by atoms with Gasteiger partial charge in [0.05, 0.1) is 43.4 Å². The van der Waals surface area contributed by atoms with E-state index in [-0.39, 0.29) is 30.6 Å². The number of pyridine rings is 1. The molecule has 0 bridgehead atoms. The third kappa shape index (κ3) is 9.00. The van der Waals surface area contributed by atoms with Crippen molar-refractivity contribution in [3.63, 3.8) is 0 Å². The minimum absolute atomic E-state index is 0.202. The van der Waals surface area contributed by atoms with Crippen LogP contribution in [0.2, 0.25) is 0 Å². The van der Waals surface area contributed by atoms with Gasteiger partial charge >= 0.3 is 23.9 Å². The number of hydrogen-bond donors (Lipinski definition) is 3. The van der Waals surface area contributed by atoms with Gasteiger partial charge in [0.25, 0.3) is 0 Å². The van der Waals surface area contributed by atoms with Gasteiger partial charge in [-0.15, -0.1) is 11.3 Å². The molecule has 0 saturated carbocycles. The lowest BCUT2D eigenvalue weighted by molar-refractivity contribution is -0.140. The second-order valence-corrected chi connectivity index (χ2v) is 11.6. The van der Waals surface area contributed by atoms with E-state index >= 15 is 0 Å². The summed E-state index contributed by atoms with van der Waals surface area (Å²) in [6.07, 6.45) is 0. The zero-order chi connectivity index (χ0) is 31.8. The summed E-state index contributed by atoms with van der Waals surface area (Å²) >= 11 is 1.33. The Morgan fingerprint density at radius 3 is 1.73 bits per heavy atom. The molecule has 1 aliphatic rings. The molecular formula is C29H35N5O9S. The summed E-state index contributed by atoms with van der Waals surface area (Å²) < 4.78 is 5.45. The molecule has 1 saturated heterocycles. The highest BCUT2D eigenvalue weighted by molar-refractivity contribution is 7.24. The monoisotopic (exact) mass is 629 g/mol. The number of ether oxygens (including phenoxy) is 1. The van der Waals surface area contributed by atoms with Gasteiger partial charge in [-0.2, -0.15) is 0 Å². The van der Waals surface area contributed by atoms with Crippen LogP contribution in [0.3, 0.4) is 0 Å². The standard InChI is InChI=1S/C29H35N5O9S/c1-43-29(42)19-2-5-23-22(14-19)27(41)21-4-3-20(30-28(21)44-23)15-31-6-8-32(16-24(35)36)10-12-34(18-26(39)40)13-11-33(9-7-31)17-25(37)38/h2-5,14H,6-13,15-18H2,1H3,(H,35,36)(H,37,38)(H,39,40). The molecule has 4 rings (SSSR count). The molecule has 1 fully saturated rings. The lowest BCUT2D eigenvalue weighted by Gasteiger charge is -2.33. The second-order valence-electron chi connectivity index (χ2n) is 10.6. The number of carbonyl (C=O) groups is 4. The Balaban J connectivity index is 1.58. The number of hydrogen-bond acceptors (Lipinski definition) is 12. The number of rotatable bonds is 9. The van der Waals surface area contributed by atoms with E-state index in [0.29, 0.717) is 84.9 Å². The van der Waals surface area contributed by atoms with Crippen LogP contribution >= 0.6 is 11.3 Å². The average molecular weight is 630 g/mol. The fourth-order valence-corrected chi connectivity index (χ4v) is 6.16. The summed E-state index contributed by atoms with van der Waals surface area (Å²) in [6.45, 7) is 2.74. The number of carbonyl (C=O) groups excluding carboxylic acids is 1. The lowest BCUT2D eigenvalue weighted by atomic mass is 10.1. The van der Waals surface area contributed by atoms with Crippen molar-refractivity contribution in [2.45, 2.75) is 6.54 Å². The van der Waals surface area contributed by atoms with Gasteiger partial charge in [-0.1, -0.05) is 0 Å². The van der Waals surface area contributed by atoms with E-state index < -0.39 is 23.9 Å². The van der Waals surface area contributed by atoms with Gasteiger partial charge in [-0.3, -0.25) is 38.8 Å². The fourth-order valence-electron chi connectivity index (χ4n) is 5.12. The highest BCUT2D eigenvalue weighted by Gasteiger charge is 2.21. The number of benzene rings is 1. The van der Waals surface area contributed by atoms with Crippen LogP contribution in [0.5, 0.6) is 0 Å². The van der Waals surface area contributed by atoms with E-state index in [9.17, 15) is 39.3 Å². The molecule has 3 N–H and O–H groups in total. The minimum atomic E-state index is -1.01. The summed E-state index contributed by atoms with van der Waals surface area (Å²) in [5.41, 5.74) is 0.732. The quantitative estimate of drug-likeness (QED) is 0.221. The van der Waals surface area contributed by atoms with Crippen LogP contribution in [0.15, 0.2) is 35.1 Å². The smallest absolute Gasteiger partial charge is 0.337 e. The van der Waals surface area contributed by atoms with E-state index in [1.54, 1.807) is 39.0 Å². The number of methoxy groups -OCH3 is 1. The molecule has 0 spiro atoms. The average Bonchev–Trinajstić information content (AvgIpc) is 2.97. The van der Waals surface area contributed by atoms with E-state index in [1.165, 1.54) is 24.5 Å². The molecule has 15 heteroatoms. The Morgan fingerprint density at radius 1 is 0.750 bits per heavy atom. The Kier molecular flexibility index (Phi) is 11.3. The molecule has 1 aliphatic heterocycles. The van der Waals surface area contributed by atoms with Crippen molar-refractivity contribution < 1.29 is 39.2 Å². The summed E-state index contributed by atoms with van der Waals surface area (Å²) in [7, 11) is 1.28. The van der Waals surface area contributed by atoms with Crippen molar-refractivity contribution in [2.75, 3.05) is 79.1 Å². The third-order valence-electron chi connectivity index (χ3n) is 7.41. The van der Waals surface area contributed by atoms with Gasteiger partial charge in [0.2, 0.25) is 0 Å². The van der Waals surface area contributed by atoms with Crippen molar-refractivity contribution in [2.24, 2.45) is 0 Å². The number of esters is 1. The van der Waals surface area contributed by atoms with Crippen molar-refractivity contribution in [3.05, 3.63) is 51.8 Å². The first-order valence-corrected chi connectivity index (χ1v) is 14.8. The maximum atomic E-state index is 13.3. The molecule has 0 atom stereocenters. The van der Waals surface area contributed by atoms with Gasteiger partial charge < -0.3 is 20.1 Å². The number of nitrogens with zero attached hydrogens (tertiary/aromatic N) is 5. The normalized spacial score (nSPS) is 16.8. The molecule has 14 nitrogen and oxygen atoms in total. The maximum absolute atomic E-state index is 13.3. The summed E-state index contributed by atoms with van der Waals surface area (Å²) in [5.74, 6) is -3.52. The number of aliphatic carboxylic acids is 3. The summed E-state index contributed by atoms with van der Waals surface area (Å²) in [4.78, 5) is 72.3. The molecule has 1 aromatic carbocycles. The number of aromatic nitrogens is 1. The molecule has 3 heterocycles. The Morgan fingerprint density at radius 2 is 1.25 bits per heavy atom. The van der Waals surface area contributed by atoms with Gasteiger partial charge in [0, 0.05) is 69.0 Å². The second kappa shape index (κ2) is 15.1. The first-order chi connectivity index (χ1) is 21.0. The topological polar surface area (TPSA) is 181 Å². The van der Waals surface area contributed by atoms with Gasteiger partial charge in [-0.25, -0.2) is 9.78 Å². The third-order valence-corrected chi connectivity index (χ3v) is 8.49. The predicted molar refractivity (Wildman–Crippen MR) is 162 cm³/mol. The molecule has 44 heavy (non-hydrogen) atoms. The predicted octanol–water partition coefficient (Wildman–Crippen LogP) is 0.572. The van der Waals surface area contributed by atoms with Gasteiger partial charge in [-0.05, 0) is 30.3 Å². The van der Waals surface area contributed by atoms with Crippen molar-refractivity contribution in [1.29, 1.82) is 0 Å². The van der Waals surface area contributed by atoms with Crippen LogP contribution in [-0.4, -0.2) is 143 Å². The number of carboxylic acid groups (broad SMARTS) is 3. The van der Waals surface area contributed by atoms with Crippen LogP contribution in [0.25, 0.3) is 20.3 Å². The number of carboxylic acids is 3. The Hall–Kier alpha value is -4.02. The first kappa shape index (κ1) is 32.9. The summed E-state index contributed by atoms with van der Waals surface area (Å²) in [5, 5.41) is 29.1. The minimum Gasteiger partial charge on any atom is -0.480 e. The Labute approximate surface area is 256 Å². The SMILES string of the molecule is COC(=O)c1ccc2sc3nc(CN4CCN(CC(=O)O)CCN(CC(=O)O)CCN(CC(=O)O)CC4)ccc3c(=O)c2c1. The zero-order valence-electron chi connectivity index (χ0n) is 24.3. The highest BCUT2D eigenvalue weighted by atomic mass is 32.1. The first-order valence-electron chi connectivity index (χ1n) is 14.0. The molecule has 2 aromatic heterocycles. The van der Waals surface area contributed by atoms with Crippen LogP contribution in [0, 0.1) is 0 Å². The van der Waals surface area contributed by atoms with Crippen LogP contribution in [0.1, 0.15) is 16.1 Å². The molecule has 0 radical (unpaired) electrons. The van der Waals surface area contributed by atoms with Crippen LogP contribution < -0.4 is 5.43 Å². The molecule has 236 valence electrons. The fraction of sp³-hybridized carbons (Fsp3) is 0.448. The van der Waals surface area contributed by atoms with E-state index in [0.717, 1.165) is 0 Å². The largest absolute Gasteiger partial charge is 0.480 e. The molecule has 0 aliphatic carbocycles. The van der Waals surface area contributed by atoms with Gasteiger partial charge in [0.15, 0.2) is 5.43 Å². The van der Waals surface area contributed by atoms with E-state index in [4.69, 9.17) is 9.72 Å². The number of fused-ring (bicyclic) bond motifs is 2. The molecule has 3 aromatic rings. The molecule has 0 unspecified atom stereocenters. The maximum Gasteiger partial charge on any atom is 0.337 e. The molecule has 0 amide bonds. The lowest BCUT2D eigenvalue weighted by Crippen LogP contribution is -2.48.